The molecule has 0 radical (unpaired) electrons. The first-order chi connectivity index (χ1) is 13.2. The van der Waals surface area contributed by atoms with Crippen LogP contribution in [0.4, 0.5) is 5.69 Å². The highest BCUT2D eigenvalue weighted by Crippen LogP contribution is 2.20. The third kappa shape index (κ3) is 5.02. The molecule has 27 heavy (non-hydrogen) atoms. The topological polar surface area (TPSA) is 57.2 Å². The van der Waals surface area contributed by atoms with Gasteiger partial charge in [0, 0.05) is 38.4 Å². The molecule has 0 aliphatic carbocycles. The van der Waals surface area contributed by atoms with Gasteiger partial charge in [-0.3, -0.25) is 4.79 Å². The van der Waals surface area contributed by atoms with Crippen LogP contribution in [0.15, 0.2) is 41.4 Å². The number of carbonyl (C=O) groups is 1. The summed E-state index contributed by atoms with van der Waals surface area (Å²) < 4.78 is 4.87. The summed E-state index contributed by atoms with van der Waals surface area (Å²) in [6.07, 6.45) is 6.03. The maximum atomic E-state index is 11.7. The first-order valence-electron chi connectivity index (χ1n) is 9.81. The Morgan fingerprint density at radius 2 is 1.85 bits per heavy atom. The van der Waals surface area contributed by atoms with Gasteiger partial charge in [-0.2, -0.15) is 0 Å². The number of ether oxygens (including phenoxy) is 1. The Bertz CT molecular complexity index is 668. The van der Waals surface area contributed by atoms with Crippen LogP contribution in [0.1, 0.15) is 25.3 Å². The molecule has 2 heterocycles. The Kier molecular flexibility index (Phi) is 6.74. The predicted octanol–water partition coefficient (Wildman–Crippen LogP) is 2.41. The van der Waals surface area contributed by atoms with Crippen LogP contribution >= 0.6 is 0 Å². The van der Waals surface area contributed by atoms with Crippen molar-refractivity contribution < 1.29 is 9.53 Å². The highest BCUT2D eigenvalue weighted by atomic mass is 16.5. The van der Waals surface area contributed by atoms with Crippen molar-refractivity contribution in [2.24, 2.45) is 10.9 Å². The molecule has 6 nitrogen and oxygen atoms in total. The molecule has 146 valence electrons. The molecular weight excluding hydrogens is 340 g/mol. The smallest absolute Gasteiger partial charge is 0.308 e. The second-order valence-electron chi connectivity index (χ2n) is 7.00. The normalized spacial score (nSPS) is 18.1. The van der Waals surface area contributed by atoms with Gasteiger partial charge in [0.05, 0.1) is 19.6 Å². The predicted molar refractivity (Wildman–Crippen MR) is 109 cm³/mol. The van der Waals surface area contributed by atoms with Gasteiger partial charge in [-0.05, 0) is 37.5 Å². The fraction of sp³-hybridized carbons (Fsp3) is 0.524. The Morgan fingerprint density at radius 3 is 2.44 bits per heavy atom. The number of nitrogens with zero attached hydrogens (tertiary/aromatic N) is 3. The van der Waals surface area contributed by atoms with Gasteiger partial charge in [-0.1, -0.05) is 24.3 Å². The number of aliphatic imine (C=N–C) groups is 1. The second kappa shape index (κ2) is 9.44. The average molecular weight is 370 g/mol. The molecule has 0 aromatic heterocycles. The average Bonchev–Trinajstić information content (AvgIpc) is 3.26. The molecule has 6 heteroatoms. The lowest BCUT2D eigenvalue weighted by Gasteiger charge is -2.33. The van der Waals surface area contributed by atoms with E-state index in [0.29, 0.717) is 6.54 Å². The monoisotopic (exact) mass is 370 g/mol. The van der Waals surface area contributed by atoms with Gasteiger partial charge < -0.3 is 19.9 Å². The highest BCUT2D eigenvalue weighted by molar-refractivity contribution is 5.80. The van der Waals surface area contributed by atoms with Crippen LogP contribution in [-0.4, -0.2) is 56.7 Å². The molecule has 0 spiro atoms. The summed E-state index contributed by atoms with van der Waals surface area (Å²) in [7, 11) is 1.46. The number of methoxy groups -OCH3 is 1. The number of benzene rings is 1. The Hall–Kier alpha value is -2.50. The molecule has 1 aromatic carbocycles. The van der Waals surface area contributed by atoms with E-state index in [0.717, 1.165) is 51.5 Å². The van der Waals surface area contributed by atoms with E-state index in [2.05, 4.69) is 58.5 Å². The summed E-state index contributed by atoms with van der Waals surface area (Å²) in [5.41, 5.74) is 2.45. The van der Waals surface area contributed by atoms with E-state index in [-0.39, 0.29) is 11.9 Å². The molecule has 1 fully saturated rings. The van der Waals surface area contributed by atoms with E-state index in [9.17, 15) is 4.79 Å². The van der Waals surface area contributed by atoms with Crippen molar-refractivity contribution in [2.75, 3.05) is 44.7 Å². The van der Waals surface area contributed by atoms with Crippen molar-refractivity contribution in [3.63, 3.8) is 0 Å². The van der Waals surface area contributed by atoms with Crippen molar-refractivity contribution in [3.8, 4) is 0 Å². The fourth-order valence-corrected chi connectivity index (χ4v) is 3.59. The minimum absolute atomic E-state index is 0.0155. The molecule has 2 aliphatic rings. The first-order valence-corrected chi connectivity index (χ1v) is 9.81. The number of guanidine groups is 1. The molecule has 2 aliphatic heterocycles. The number of esters is 1. The van der Waals surface area contributed by atoms with E-state index in [1.165, 1.54) is 18.4 Å². The van der Waals surface area contributed by atoms with Gasteiger partial charge in [0.25, 0.3) is 0 Å². The third-order valence-electron chi connectivity index (χ3n) is 5.20. The Balaban J connectivity index is 1.58. The van der Waals surface area contributed by atoms with Gasteiger partial charge in [-0.25, -0.2) is 4.99 Å². The van der Waals surface area contributed by atoms with E-state index < -0.39 is 0 Å². The van der Waals surface area contributed by atoms with Crippen LogP contribution in [-0.2, 0) is 16.1 Å². The van der Waals surface area contributed by atoms with Gasteiger partial charge in [0.2, 0.25) is 0 Å². The quantitative estimate of drug-likeness (QED) is 0.373. The summed E-state index contributed by atoms with van der Waals surface area (Å²) in [6.45, 7) is 7.19. The van der Waals surface area contributed by atoms with Crippen LogP contribution < -0.4 is 10.2 Å². The summed E-state index contributed by atoms with van der Waals surface area (Å²) >= 11 is 0. The highest BCUT2D eigenvalue weighted by Gasteiger charge is 2.26. The third-order valence-corrected chi connectivity index (χ3v) is 5.20. The number of rotatable bonds is 5. The number of anilines is 1. The first kappa shape index (κ1) is 19.3. The number of piperidine rings is 1. The molecule has 0 saturated carbocycles. The van der Waals surface area contributed by atoms with Crippen molar-refractivity contribution >= 4 is 17.6 Å². The van der Waals surface area contributed by atoms with Crippen molar-refractivity contribution in [3.05, 3.63) is 42.0 Å². The lowest BCUT2D eigenvalue weighted by molar-refractivity contribution is -0.146. The zero-order valence-electron chi connectivity index (χ0n) is 16.4. The van der Waals surface area contributed by atoms with E-state index in [1.54, 1.807) is 0 Å². The van der Waals surface area contributed by atoms with E-state index >= 15 is 0 Å². The maximum absolute atomic E-state index is 11.7. The second-order valence-corrected chi connectivity index (χ2v) is 7.00. The molecule has 3 rings (SSSR count). The molecule has 1 saturated heterocycles. The van der Waals surface area contributed by atoms with Crippen molar-refractivity contribution in [1.29, 1.82) is 0 Å². The van der Waals surface area contributed by atoms with Crippen LogP contribution in [0, 0.1) is 5.92 Å². The van der Waals surface area contributed by atoms with Crippen LogP contribution in [0.5, 0.6) is 0 Å². The Labute approximate surface area is 161 Å². The summed E-state index contributed by atoms with van der Waals surface area (Å²) in [5.74, 6) is 0.847. The summed E-state index contributed by atoms with van der Waals surface area (Å²) in [5, 5.41) is 3.38. The van der Waals surface area contributed by atoms with E-state index in [4.69, 9.17) is 9.73 Å². The lowest BCUT2D eigenvalue weighted by atomic mass is 9.97. The SMILES string of the molecule is CCNC(=NCc1ccc(N2CC=CC2)cc1)N1CCC(C(=O)OC)CC1. The number of likely N-dealkylation sites (tertiary alicyclic amines) is 1. The minimum Gasteiger partial charge on any atom is -0.469 e. The zero-order chi connectivity index (χ0) is 19.1. The molecule has 0 amide bonds. The number of carbonyl (C=O) groups excluding carboxylic acids is 1. The maximum Gasteiger partial charge on any atom is 0.308 e. The van der Waals surface area contributed by atoms with Gasteiger partial charge in [0.1, 0.15) is 0 Å². The number of nitrogens with one attached hydrogen (secondary N) is 1. The standard InChI is InChI=1S/C21H30N4O2/c1-3-22-21(25-14-10-18(11-15-25)20(26)27-2)23-16-17-6-8-19(9-7-17)24-12-4-5-13-24/h4-9,18H,3,10-16H2,1-2H3,(H,22,23). The lowest BCUT2D eigenvalue weighted by Crippen LogP contribution is -2.46. The molecule has 1 aromatic rings. The molecular formula is C21H30N4O2. The van der Waals surface area contributed by atoms with Crippen LogP contribution in [0.25, 0.3) is 0 Å². The molecule has 1 N–H and O–H groups in total. The zero-order valence-corrected chi connectivity index (χ0v) is 16.4. The summed E-state index contributed by atoms with van der Waals surface area (Å²) in [6, 6.07) is 8.66. The molecule has 0 bridgehead atoms. The molecule has 0 atom stereocenters. The minimum atomic E-state index is -0.0927. The number of hydrogen-bond donors (Lipinski definition) is 1. The number of hydrogen-bond acceptors (Lipinski definition) is 4. The van der Waals surface area contributed by atoms with Gasteiger partial charge in [0.15, 0.2) is 5.96 Å². The van der Waals surface area contributed by atoms with E-state index in [1.807, 2.05) is 0 Å². The largest absolute Gasteiger partial charge is 0.469 e. The van der Waals surface area contributed by atoms with Crippen molar-refractivity contribution in [1.82, 2.24) is 10.2 Å². The van der Waals surface area contributed by atoms with Gasteiger partial charge >= 0.3 is 5.97 Å². The van der Waals surface area contributed by atoms with Gasteiger partial charge in [-0.15, -0.1) is 0 Å². The molecule has 0 unspecified atom stereocenters. The van der Waals surface area contributed by atoms with Crippen LogP contribution in [0.2, 0.25) is 0 Å². The van der Waals surface area contributed by atoms with Crippen molar-refractivity contribution in [2.45, 2.75) is 26.3 Å². The Morgan fingerprint density at radius 1 is 1.19 bits per heavy atom. The summed E-state index contributed by atoms with van der Waals surface area (Å²) in [4.78, 5) is 21.1. The van der Waals surface area contributed by atoms with Crippen LogP contribution in [0.3, 0.4) is 0 Å². The fourth-order valence-electron chi connectivity index (χ4n) is 3.59.